The van der Waals surface area contributed by atoms with Crippen LogP contribution in [0.15, 0.2) is 18.2 Å². The fraction of sp³-hybridized carbons (Fsp3) is 0.385. The molecule has 5 heteroatoms. The molecule has 0 radical (unpaired) electrons. The zero-order valence-electron chi connectivity index (χ0n) is 10.3. The van der Waals surface area contributed by atoms with E-state index in [1.807, 2.05) is 0 Å². The van der Waals surface area contributed by atoms with Crippen LogP contribution in [-0.2, 0) is 0 Å². The van der Waals surface area contributed by atoms with Crippen molar-refractivity contribution in [3.63, 3.8) is 0 Å². The third-order valence-corrected chi connectivity index (χ3v) is 2.46. The van der Waals surface area contributed by atoms with Gasteiger partial charge >= 0.3 is 0 Å². The number of carbonyl (C=O) groups excluding carboxylic acids is 1. The number of rotatable bonds is 5. The molecule has 0 heterocycles. The molecule has 96 valence electrons. The summed E-state index contributed by atoms with van der Waals surface area (Å²) in [5.74, 6) is -2.50. The van der Waals surface area contributed by atoms with E-state index in [2.05, 4.69) is 6.07 Å². The van der Waals surface area contributed by atoms with Crippen LogP contribution >= 0.6 is 0 Å². The zero-order valence-corrected chi connectivity index (χ0v) is 10.3. The van der Waals surface area contributed by atoms with Crippen molar-refractivity contribution in [2.45, 2.75) is 6.92 Å². The molecule has 0 saturated heterocycles. The molecule has 0 spiro atoms. The van der Waals surface area contributed by atoms with Gasteiger partial charge in [-0.15, -0.1) is 0 Å². The van der Waals surface area contributed by atoms with Crippen molar-refractivity contribution >= 4 is 5.78 Å². The van der Waals surface area contributed by atoms with Crippen molar-refractivity contribution in [2.75, 3.05) is 20.1 Å². The summed E-state index contributed by atoms with van der Waals surface area (Å²) in [6, 6.07) is 5.13. The van der Waals surface area contributed by atoms with E-state index in [0.29, 0.717) is 6.54 Å². The average Bonchev–Trinajstić information content (AvgIpc) is 2.32. The second-order valence-electron chi connectivity index (χ2n) is 4.28. The first-order valence-electron chi connectivity index (χ1n) is 5.50. The predicted octanol–water partition coefficient (Wildman–Crippen LogP) is 2.24. The van der Waals surface area contributed by atoms with E-state index < -0.39 is 11.6 Å². The van der Waals surface area contributed by atoms with Crippen molar-refractivity contribution in [3.8, 4) is 6.07 Å². The summed E-state index contributed by atoms with van der Waals surface area (Å²) in [5, 5.41) is 8.65. The Hall–Kier alpha value is -1.80. The summed E-state index contributed by atoms with van der Waals surface area (Å²) < 4.78 is 25.7. The second kappa shape index (κ2) is 6.22. The summed E-state index contributed by atoms with van der Waals surface area (Å²) in [6.07, 6.45) is 0. The van der Waals surface area contributed by atoms with E-state index in [9.17, 15) is 13.6 Å². The third kappa shape index (κ3) is 3.90. The molecule has 18 heavy (non-hydrogen) atoms. The van der Waals surface area contributed by atoms with Gasteiger partial charge in [-0.25, -0.2) is 8.78 Å². The van der Waals surface area contributed by atoms with E-state index in [1.165, 1.54) is 6.07 Å². The molecule has 0 aromatic heterocycles. The number of likely N-dealkylation sites (N-methyl/N-ethyl adjacent to an activating group) is 1. The fourth-order valence-corrected chi connectivity index (χ4v) is 1.58. The SMILES string of the molecule is CC(C#N)CN(C)CC(=O)c1ccc(F)c(F)c1. The van der Waals surface area contributed by atoms with Crippen LogP contribution in [0.3, 0.4) is 0 Å². The maximum absolute atomic E-state index is 13.0. The van der Waals surface area contributed by atoms with E-state index in [0.717, 1.165) is 12.1 Å². The van der Waals surface area contributed by atoms with E-state index in [-0.39, 0.29) is 23.8 Å². The number of carbonyl (C=O) groups is 1. The van der Waals surface area contributed by atoms with Crippen LogP contribution in [0.1, 0.15) is 17.3 Å². The van der Waals surface area contributed by atoms with Gasteiger partial charge in [0.25, 0.3) is 0 Å². The normalized spacial score (nSPS) is 12.2. The number of hydrogen-bond acceptors (Lipinski definition) is 3. The fourth-order valence-electron chi connectivity index (χ4n) is 1.58. The number of nitrogens with zero attached hydrogens (tertiary/aromatic N) is 2. The third-order valence-electron chi connectivity index (χ3n) is 2.46. The quantitative estimate of drug-likeness (QED) is 0.755. The van der Waals surface area contributed by atoms with Crippen molar-refractivity contribution in [1.29, 1.82) is 5.26 Å². The standard InChI is InChI=1S/C13H14F2N2O/c1-9(6-16)7-17(2)8-13(18)10-3-4-11(14)12(15)5-10/h3-5,9H,7-8H2,1-2H3. The van der Waals surface area contributed by atoms with Crippen molar-refractivity contribution < 1.29 is 13.6 Å². The van der Waals surface area contributed by atoms with E-state index in [1.54, 1.807) is 18.9 Å². The summed E-state index contributed by atoms with van der Waals surface area (Å²) in [7, 11) is 1.70. The molecule has 0 saturated carbocycles. The molecule has 1 aromatic carbocycles. The van der Waals surface area contributed by atoms with Crippen LogP contribution in [0.4, 0.5) is 8.78 Å². The number of benzene rings is 1. The Labute approximate surface area is 105 Å². The van der Waals surface area contributed by atoms with Gasteiger partial charge in [0.15, 0.2) is 17.4 Å². The van der Waals surface area contributed by atoms with Gasteiger partial charge in [-0.05, 0) is 32.2 Å². The topological polar surface area (TPSA) is 44.1 Å². The minimum absolute atomic E-state index is 0.0666. The molecule has 1 rings (SSSR count). The summed E-state index contributed by atoms with van der Waals surface area (Å²) >= 11 is 0. The Balaban J connectivity index is 2.65. The number of Topliss-reactive ketones (excluding diaryl/α,β-unsaturated/α-hetero) is 1. The van der Waals surface area contributed by atoms with Gasteiger partial charge in [-0.1, -0.05) is 0 Å². The van der Waals surface area contributed by atoms with Crippen LogP contribution in [0.25, 0.3) is 0 Å². The lowest BCUT2D eigenvalue weighted by Crippen LogP contribution is -2.29. The maximum Gasteiger partial charge on any atom is 0.176 e. The van der Waals surface area contributed by atoms with Gasteiger partial charge in [0.05, 0.1) is 18.5 Å². The number of nitriles is 1. The molecule has 0 aliphatic carbocycles. The van der Waals surface area contributed by atoms with Gasteiger partial charge in [-0.2, -0.15) is 5.26 Å². The highest BCUT2D eigenvalue weighted by molar-refractivity contribution is 5.97. The average molecular weight is 252 g/mol. The van der Waals surface area contributed by atoms with Gasteiger partial charge in [0.2, 0.25) is 0 Å². The Morgan fingerprint density at radius 3 is 2.67 bits per heavy atom. The predicted molar refractivity (Wildman–Crippen MR) is 63.0 cm³/mol. The van der Waals surface area contributed by atoms with Gasteiger partial charge in [0.1, 0.15) is 0 Å². The number of halogens is 2. The Bertz CT molecular complexity index is 482. The minimum Gasteiger partial charge on any atom is -0.298 e. The summed E-state index contributed by atoms with van der Waals surface area (Å²) in [4.78, 5) is 13.5. The van der Waals surface area contributed by atoms with Gasteiger partial charge in [0, 0.05) is 12.1 Å². The van der Waals surface area contributed by atoms with Crippen molar-refractivity contribution in [3.05, 3.63) is 35.4 Å². The minimum atomic E-state index is -1.03. The molecule has 0 aliphatic rings. The first kappa shape index (κ1) is 14.3. The largest absolute Gasteiger partial charge is 0.298 e. The van der Waals surface area contributed by atoms with Crippen LogP contribution in [0.2, 0.25) is 0 Å². The molecule has 0 amide bonds. The number of ketones is 1. The highest BCUT2D eigenvalue weighted by atomic mass is 19.2. The first-order valence-corrected chi connectivity index (χ1v) is 5.50. The van der Waals surface area contributed by atoms with Crippen molar-refractivity contribution in [2.24, 2.45) is 5.92 Å². The van der Waals surface area contributed by atoms with Gasteiger partial charge in [-0.3, -0.25) is 9.69 Å². The lowest BCUT2D eigenvalue weighted by molar-refractivity contribution is 0.0942. The van der Waals surface area contributed by atoms with Gasteiger partial charge < -0.3 is 0 Å². The lowest BCUT2D eigenvalue weighted by atomic mass is 10.1. The lowest BCUT2D eigenvalue weighted by Gasteiger charge is -2.16. The monoisotopic (exact) mass is 252 g/mol. The van der Waals surface area contributed by atoms with E-state index in [4.69, 9.17) is 5.26 Å². The molecule has 0 aliphatic heterocycles. The van der Waals surface area contributed by atoms with Crippen LogP contribution in [0.5, 0.6) is 0 Å². The Morgan fingerprint density at radius 2 is 2.11 bits per heavy atom. The van der Waals surface area contributed by atoms with Crippen LogP contribution < -0.4 is 0 Å². The summed E-state index contributed by atoms with van der Waals surface area (Å²) in [5.41, 5.74) is 0.130. The highest BCUT2D eigenvalue weighted by Gasteiger charge is 2.13. The van der Waals surface area contributed by atoms with Crippen LogP contribution in [0, 0.1) is 28.9 Å². The van der Waals surface area contributed by atoms with Crippen molar-refractivity contribution in [1.82, 2.24) is 4.90 Å². The Morgan fingerprint density at radius 1 is 1.44 bits per heavy atom. The molecular formula is C13H14F2N2O. The highest BCUT2D eigenvalue weighted by Crippen LogP contribution is 2.10. The molecule has 3 nitrogen and oxygen atoms in total. The second-order valence-corrected chi connectivity index (χ2v) is 4.28. The molecule has 1 unspecified atom stereocenters. The number of hydrogen-bond donors (Lipinski definition) is 0. The first-order chi connectivity index (χ1) is 8.43. The molecule has 0 N–H and O–H groups in total. The maximum atomic E-state index is 13.0. The van der Waals surface area contributed by atoms with Crippen LogP contribution in [-0.4, -0.2) is 30.8 Å². The summed E-state index contributed by atoms with van der Waals surface area (Å²) in [6.45, 7) is 2.27. The van der Waals surface area contributed by atoms with E-state index >= 15 is 0 Å². The Kier molecular flexibility index (Phi) is 4.93. The molecule has 1 atom stereocenters. The molecule has 0 bridgehead atoms. The molecule has 0 fully saturated rings. The smallest absolute Gasteiger partial charge is 0.176 e. The molecule has 1 aromatic rings. The zero-order chi connectivity index (χ0) is 13.7. The molecular weight excluding hydrogens is 238 g/mol.